The largest absolute Gasteiger partial charge is 0.362 e. The summed E-state index contributed by atoms with van der Waals surface area (Å²) in [4.78, 5) is 9.50. The Morgan fingerprint density at radius 3 is 2.20 bits per heavy atom. The average Bonchev–Trinajstić information content (AvgIpc) is 2.84. The summed E-state index contributed by atoms with van der Waals surface area (Å²) in [7, 11) is 0. The van der Waals surface area contributed by atoms with E-state index in [1.807, 2.05) is 18.3 Å². The Balaban J connectivity index is 1.56. The fourth-order valence-corrected chi connectivity index (χ4v) is 4.48. The van der Waals surface area contributed by atoms with Crippen LogP contribution in [0.25, 0.3) is 0 Å². The molecule has 2 aliphatic rings. The maximum atomic E-state index is 6.37. The monoisotopic (exact) mass is 355 g/mol. The summed E-state index contributed by atoms with van der Waals surface area (Å²) < 4.78 is 0. The molecule has 4 heteroatoms. The molecule has 2 aromatic rings. The number of piperazine rings is 1. The quantitative estimate of drug-likeness (QED) is 0.764. The number of anilines is 2. The van der Waals surface area contributed by atoms with Gasteiger partial charge in [0.05, 0.1) is 5.02 Å². The molecule has 0 amide bonds. The van der Waals surface area contributed by atoms with E-state index in [0.717, 1.165) is 23.9 Å². The van der Waals surface area contributed by atoms with Gasteiger partial charge >= 0.3 is 0 Å². The van der Waals surface area contributed by atoms with E-state index in [9.17, 15) is 0 Å². The molecule has 1 aromatic carbocycles. The third kappa shape index (κ3) is 3.10. The molecule has 2 saturated heterocycles. The zero-order chi connectivity index (χ0) is 17.6. The summed E-state index contributed by atoms with van der Waals surface area (Å²) in [5.41, 5.74) is 2.95. The molecule has 25 heavy (non-hydrogen) atoms. The van der Waals surface area contributed by atoms with Crippen LogP contribution < -0.4 is 9.80 Å². The van der Waals surface area contributed by atoms with Crippen molar-refractivity contribution in [1.29, 1.82) is 0 Å². The summed E-state index contributed by atoms with van der Waals surface area (Å²) >= 11 is 6.37. The predicted molar refractivity (Wildman–Crippen MR) is 106 cm³/mol. The third-order valence-corrected chi connectivity index (χ3v) is 5.85. The van der Waals surface area contributed by atoms with Crippen LogP contribution in [0.1, 0.15) is 39.2 Å². The number of benzene rings is 1. The van der Waals surface area contributed by atoms with Crippen molar-refractivity contribution in [2.75, 3.05) is 22.9 Å². The summed E-state index contributed by atoms with van der Waals surface area (Å²) in [5.74, 6) is 0.934. The SMILES string of the molecule is CC(C)(C)c1ccc(N2C3CCC2CN(c2ncccc2Cl)C3)cc1. The second-order valence-electron chi connectivity index (χ2n) is 8.30. The second kappa shape index (κ2) is 6.21. The van der Waals surface area contributed by atoms with Crippen LogP contribution in [0.2, 0.25) is 5.02 Å². The minimum Gasteiger partial charge on any atom is -0.362 e. The molecule has 4 rings (SSSR count). The number of pyridine rings is 1. The van der Waals surface area contributed by atoms with Crippen LogP contribution in [0.5, 0.6) is 0 Å². The molecule has 3 nitrogen and oxygen atoms in total. The van der Waals surface area contributed by atoms with Crippen molar-refractivity contribution < 1.29 is 0 Å². The number of rotatable bonds is 2. The lowest BCUT2D eigenvalue weighted by atomic mass is 9.87. The number of hydrogen-bond acceptors (Lipinski definition) is 3. The Kier molecular flexibility index (Phi) is 4.15. The first-order valence-corrected chi connectivity index (χ1v) is 9.55. The van der Waals surface area contributed by atoms with Crippen LogP contribution in [0.4, 0.5) is 11.5 Å². The topological polar surface area (TPSA) is 19.4 Å². The number of aromatic nitrogens is 1. The van der Waals surface area contributed by atoms with Crippen molar-refractivity contribution in [2.24, 2.45) is 0 Å². The minimum atomic E-state index is 0.200. The van der Waals surface area contributed by atoms with E-state index in [-0.39, 0.29) is 5.41 Å². The maximum Gasteiger partial charge on any atom is 0.147 e. The standard InChI is InChI=1S/C21H26ClN3/c1-21(2,3)15-6-8-16(9-7-15)25-17-10-11-18(25)14-24(13-17)20-19(22)5-4-12-23-20/h4-9,12,17-18H,10-11,13-14H2,1-3H3. The third-order valence-electron chi connectivity index (χ3n) is 5.55. The van der Waals surface area contributed by atoms with Gasteiger partial charge in [-0.1, -0.05) is 44.5 Å². The van der Waals surface area contributed by atoms with Crippen LogP contribution in [-0.4, -0.2) is 30.2 Å². The van der Waals surface area contributed by atoms with Gasteiger partial charge in [-0.2, -0.15) is 0 Å². The van der Waals surface area contributed by atoms with Crippen molar-refractivity contribution in [3.05, 3.63) is 53.2 Å². The molecule has 3 heterocycles. The number of halogens is 1. The van der Waals surface area contributed by atoms with E-state index in [4.69, 9.17) is 11.6 Å². The van der Waals surface area contributed by atoms with Gasteiger partial charge in [0.25, 0.3) is 0 Å². The predicted octanol–water partition coefficient (Wildman–Crippen LogP) is 4.89. The molecule has 2 bridgehead atoms. The van der Waals surface area contributed by atoms with Gasteiger partial charge in [-0.25, -0.2) is 4.98 Å². The van der Waals surface area contributed by atoms with E-state index in [1.165, 1.54) is 24.1 Å². The smallest absolute Gasteiger partial charge is 0.147 e. The first kappa shape index (κ1) is 16.7. The second-order valence-corrected chi connectivity index (χ2v) is 8.71. The van der Waals surface area contributed by atoms with Crippen LogP contribution >= 0.6 is 11.6 Å². The van der Waals surface area contributed by atoms with Crippen LogP contribution in [0.3, 0.4) is 0 Å². The molecule has 0 radical (unpaired) electrons. The molecular weight excluding hydrogens is 330 g/mol. The molecule has 2 atom stereocenters. The molecule has 0 spiro atoms. The van der Waals surface area contributed by atoms with Crippen LogP contribution in [0.15, 0.2) is 42.6 Å². The summed E-state index contributed by atoms with van der Waals surface area (Å²) in [6, 6.07) is 14.1. The van der Waals surface area contributed by atoms with E-state index in [0.29, 0.717) is 12.1 Å². The van der Waals surface area contributed by atoms with Crippen molar-refractivity contribution in [3.63, 3.8) is 0 Å². The van der Waals surface area contributed by atoms with Gasteiger partial charge in [-0.15, -0.1) is 0 Å². The minimum absolute atomic E-state index is 0.200. The Morgan fingerprint density at radius 1 is 1.00 bits per heavy atom. The highest BCUT2D eigenvalue weighted by Crippen LogP contribution is 2.38. The zero-order valence-electron chi connectivity index (χ0n) is 15.2. The van der Waals surface area contributed by atoms with Gasteiger partial charge in [0.1, 0.15) is 5.82 Å². The molecule has 2 aliphatic heterocycles. The van der Waals surface area contributed by atoms with Gasteiger partial charge in [0.15, 0.2) is 0 Å². The van der Waals surface area contributed by atoms with Crippen molar-refractivity contribution in [1.82, 2.24) is 4.98 Å². The molecule has 0 N–H and O–H groups in total. The Morgan fingerprint density at radius 2 is 1.64 bits per heavy atom. The van der Waals surface area contributed by atoms with E-state index in [1.54, 1.807) is 0 Å². The molecule has 132 valence electrons. The van der Waals surface area contributed by atoms with Crippen LogP contribution in [0, 0.1) is 0 Å². The molecule has 0 aliphatic carbocycles. The molecular formula is C21H26ClN3. The Bertz CT molecular complexity index is 736. The van der Waals surface area contributed by atoms with Crippen molar-refractivity contribution in [3.8, 4) is 0 Å². The Labute approximate surface area is 155 Å². The van der Waals surface area contributed by atoms with E-state index in [2.05, 4.69) is 59.8 Å². The van der Waals surface area contributed by atoms with Gasteiger partial charge < -0.3 is 9.80 Å². The molecule has 0 saturated carbocycles. The van der Waals surface area contributed by atoms with E-state index >= 15 is 0 Å². The summed E-state index contributed by atoms with van der Waals surface area (Å²) in [6.45, 7) is 8.78. The van der Waals surface area contributed by atoms with Crippen molar-refractivity contribution in [2.45, 2.75) is 51.1 Å². The number of hydrogen-bond donors (Lipinski definition) is 0. The van der Waals surface area contributed by atoms with Crippen LogP contribution in [-0.2, 0) is 5.41 Å². The van der Waals surface area contributed by atoms with Crippen molar-refractivity contribution >= 4 is 23.1 Å². The zero-order valence-corrected chi connectivity index (χ0v) is 16.0. The first-order valence-electron chi connectivity index (χ1n) is 9.18. The normalized spacial score (nSPS) is 23.2. The lowest BCUT2D eigenvalue weighted by molar-refractivity contribution is 0.531. The highest BCUT2D eigenvalue weighted by molar-refractivity contribution is 6.32. The lowest BCUT2D eigenvalue weighted by Gasteiger charge is -2.43. The van der Waals surface area contributed by atoms with Gasteiger partial charge in [-0.05, 0) is 48.1 Å². The van der Waals surface area contributed by atoms with E-state index < -0.39 is 0 Å². The number of nitrogens with zero attached hydrogens (tertiary/aromatic N) is 3. The number of fused-ring (bicyclic) bond motifs is 2. The van der Waals surface area contributed by atoms with Gasteiger partial charge in [0, 0.05) is 37.1 Å². The fraction of sp³-hybridized carbons (Fsp3) is 0.476. The summed E-state index contributed by atoms with van der Waals surface area (Å²) in [6.07, 6.45) is 4.32. The first-order chi connectivity index (χ1) is 11.9. The highest BCUT2D eigenvalue weighted by Gasteiger charge is 2.40. The van der Waals surface area contributed by atoms with Gasteiger partial charge in [-0.3, -0.25) is 0 Å². The molecule has 2 fully saturated rings. The molecule has 2 unspecified atom stereocenters. The summed E-state index contributed by atoms with van der Waals surface area (Å²) in [5, 5.41) is 0.755. The van der Waals surface area contributed by atoms with Gasteiger partial charge in [0.2, 0.25) is 0 Å². The Hall–Kier alpha value is -1.74. The molecule has 1 aromatic heterocycles. The highest BCUT2D eigenvalue weighted by atomic mass is 35.5. The fourth-order valence-electron chi connectivity index (χ4n) is 4.24. The maximum absolute atomic E-state index is 6.37. The average molecular weight is 356 g/mol. The lowest BCUT2D eigenvalue weighted by Crippen LogP contribution is -2.54.